The van der Waals surface area contributed by atoms with Crippen molar-refractivity contribution in [1.82, 2.24) is 14.8 Å². The monoisotopic (exact) mass is 429 g/mol. The number of aromatic nitrogens is 3. The van der Waals surface area contributed by atoms with Crippen molar-refractivity contribution in [2.24, 2.45) is 11.5 Å². The third-order valence-corrected chi connectivity index (χ3v) is 5.59. The van der Waals surface area contributed by atoms with E-state index in [1.54, 1.807) is 23.0 Å². The van der Waals surface area contributed by atoms with Crippen molar-refractivity contribution < 1.29 is 13.6 Å². The second-order valence-corrected chi connectivity index (χ2v) is 7.73. The first kappa shape index (κ1) is 21.0. The van der Waals surface area contributed by atoms with Crippen LogP contribution in [0, 0.1) is 5.82 Å². The number of nitrogens with two attached hydrogens (primary N) is 2. The van der Waals surface area contributed by atoms with Gasteiger partial charge in [-0.3, -0.25) is 9.48 Å². The van der Waals surface area contributed by atoms with Crippen LogP contribution in [0.25, 0.3) is 10.9 Å². The second-order valence-electron chi connectivity index (χ2n) is 7.73. The molecular formula is C21H25F2N7O. The summed E-state index contributed by atoms with van der Waals surface area (Å²) >= 11 is 0. The molecule has 0 bridgehead atoms. The van der Waals surface area contributed by atoms with Gasteiger partial charge in [0.15, 0.2) is 11.6 Å². The number of pyridine rings is 1. The molecule has 1 fully saturated rings. The Bertz CT molecular complexity index is 1100. The van der Waals surface area contributed by atoms with Crippen LogP contribution in [0.5, 0.6) is 0 Å². The van der Waals surface area contributed by atoms with Gasteiger partial charge in [0, 0.05) is 23.2 Å². The van der Waals surface area contributed by atoms with Crippen LogP contribution in [0.1, 0.15) is 36.0 Å². The number of alkyl halides is 1. The van der Waals surface area contributed by atoms with Gasteiger partial charge < -0.3 is 22.1 Å². The van der Waals surface area contributed by atoms with Gasteiger partial charge >= 0.3 is 0 Å². The average molecular weight is 429 g/mol. The molecule has 6 N–H and O–H groups in total. The van der Waals surface area contributed by atoms with Crippen molar-refractivity contribution in [2.45, 2.75) is 44.3 Å². The molecule has 1 aromatic carbocycles. The van der Waals surface area contributed by atoms with E-state index in [4.69, 9.17) is 11.5 Å². The third-order valence-electron chi connectivity index (χ3n) is 5.59. The van der Waals surface area contributed by atoms with E-state index < -0.39 is 18.4 Å². The second kappa shape index (κ2) is 8.84. The molecule has 0 aliphatic heterocycles. The number of amides is 1. The molecular weight excluding hydrogens is 404 g/mol. The Balaban J connectivity index is 1.67. The number of carbonyl (C=O) groups is 1. The maximum Gasteiger partial charge on any atom is 0.252 e. The molecule has 31 heavy (non-hydrogen) atoms. The Labute approximate surface area is 178 Å². The highest BCUT2D eigenvalue weighted by Crippen LogP contribution is 2.28. The van der Waals surface area contributed by atoms with Gasteiger partial charge in [-0.15, -0.1) is 0 Å². The number of aryl methyl sites for hydroxylation is 1. The molecule has 8 nitrogen and oxygen atoms in total. The highest BCUT2D eigenvalue weighted by Gasteiger charge is 2.24. The van der Waals surface area contributed by atoms with Crippen molar-refractivity contribution in [3.8, 4) is 0 Å². The third kappa shape index (κ3) is 4.43. The minimum atomic E-state index is -0.807. The van der Waals surface area contributed by atoms with Crippen molar-refractivity contribution in [1.29, 1.82) is 0 Å². The van der Waals surface area contributed by atoms with E-state index in [0.717, 1.165) is 42.7 Å². The van der Waals surface area contributed by atoms with Gasteiger partial charge in [0.2, 0.25) is 0 Å². The maximum absolute atomic E-state index is 14.7. The fraction of sp³-hybridized carbons (Fsp3) is 0.381. The van der Waals surface area contributed by atoms with Crippen molar-refractivity contribution in [3.05, 3.63) is 41.8 Å². The van der Waals surface area contributed by atoms with Gasteiger partial charge in [-0.2, -0.15) is 5.10 Å². The average Bonchev–Trinajstić information content (AvgIpc) is 3.14. The first-order valence-corrected chi connectivity index (χ1v) is 10.3. The molecule has 4 rings (SSSR count). The van der Waals surface area contributed by atoms with Crippen LogP contribution in [0.4, 0.5) is 26.1 Å². The summed E-state index contributed by atoms with van der Waals surface area (Å²) in [7, 11) is 0. The zero-order valence-corrected chi connectivity index (χ0v) is 16.9. The predicted molar refractivity (Wildman–Crippen MR) is 116 cm³/mol. The number of fused-ring (bicyclic) bond motifs is 1. The lowest BCUT2D eigenvalue weighted by atomic mass is 9.91. The highest BCUT2D eigenvalue weighted by atomic mass is 19.1. The largest absolute Gasteiger partial charge is 0.365 e. The summed E-state index contributed by atoms with van der Waals surface area (Å²) in [6.45, 7) is -0.415. The Morgan fingerprint density at radius 3 is 2.77 bits per heavy atom. The van der Waals surface area contributed by atoms with Crippen LogP contribution in [0.3, 0.4) is 0 Å². The van der Waals surface area contributed by atoms with E-state index in [-0.39, 0.29) is 35.8 Å². The molecule has 1 saturated carbocycles. The summed E-state index contributed by atoms with van der Waals surface area (Å²) in [5.41, 5.74) is 12.8. The van der Waals surface area contributed by atoms with Gasteiger partial charge in [-0.1, -0.05) is 12.8 Å². The Hall–Kier alpha value is -3.27. The van der Waals surface area contributed by atoms with Crippen molar-refractivity contribution in [3.63, 3.8) is 0 Å². The fourth-order valence-electron chi connectivity index (χ4n) is 3.93. The molecule has 1 aliphatic rings. The van der Waals surface area contributed by atoms with E-state index >= 15 is 0 Å². The summed E-state index contributed by atoms with van der Waals surface area (Å²) in [4.78, 5) is 16.2. The summed E-state index contributed by atoms with van der Waals surface area (Å²) in [5.74, 6) is -1.35. The molecule has 164 valence electrons. The van der Waals surface area contributed by atoms with Crippen LogP contribution in [0.2, 0.25) is 0 Å². The van der Waals surface area contributed by atoms with Gasteiger partial charge in [-0.25, -0.2) is 13.8 Å². The number of hydrogen-bond donors (Lipinski definition) is 4. The summed E-state index contributed by atoms with van der Waals surface area (Å²) in [5, 5.41) is 11.1. The van der Waals surface area contributed by atoms with Gasteiger partial charge in [0.05, 0.1) is 23.8 Å². The van der Waals surface area contributed by atoms with E-state index in [1.165, 1.54) is 0 Å². The lowest BCUT2D eigenvalue weighted by molar-refractivity contribution is 0.100. The van der Waals surface area contributed by atoms with E-state index in [2.05, 4.69) is 20.7 Å². The van der Waals surface area contributed by atoms with Gasteiger partial charge in [-0.05, 0) is 37.1 Å². The molecule has 2 atom stereocenters. The number of nitrogens with one attached hydrogen (secondary N) is 2. The number of carbonyl (C=O) groups excluding carboxylic acids is 1. The van der Waals surface area contributed by atoms with Crippen LogP contribution < -0.4 is 22.1 Å². The summed E-state index contributed by atoms with van der Waals surface area (Å²) < 4.78 is 29.0. The summed E-state index contributed by atoms with van der Waals surface area (Å²) in [6.07, 6.45) is 5.37. The molecule has 0 unspecified atom stereocenters. The van der Waals surface area contributed by atoms with E-state index in [0.29, 0.717) is 5.69 Å². The molecule has 0 saturated heterocycles. The molecule has 1 amide bonds. The molecule has 0 spiro atoms. The fourth-order valence-corrected chi connectivity index (χ4v) is 3.93. The number of primary amides is 1. The Kier molecular flexibility index (Phi) is 5.99. The SMILES string of the molecule is NC(=O)c1cc(F)c(N[C@@H]2CCCC[C@@H]2N)nc1Nc1ccc2cnn(CCF)c2c1. The van der Waals surface area contributed by atoms with Gasteiger partial charge in [0.1, 0.15) is 12.5 Å². The molecule has 2 heterocycles. The first-order valence-electron chi connectivity index (χ1n) is 10.3. The maximum atomic E-state index is 14.7. The standard InChI is InChI=1S/C21H25F2N7O/c22-7-8-30-18-9-13(6-5-12(18)11-26-30)27-20-14(19(25)31)10-15(23)21(29-20)28-17-4-2-1-3-16(17)24/h5-6,9-11,16-17H,1-4,7-8,24H2,(H2,25,31)(H2,27,28,29)/t16-,17+/m0/s1. The smallest absolute Gasteiger partial charge is 0.252 e. The minimum Gasteiger partial charge on any atom is -0.365 e. The highest BCUT2D eigenvalue weighted by molar-refractivity contribution is 5.99. The van der Waals surface area contributed by atoms with Crippen LogP contribution in [0.15, 0.2) is 30.5 Å². The zero-order valence-electron chi connectivity index (χ0n) is 16.9. The first-order chi connectivity index (χ1) is 15.0. The number of rotatable bonds is 7. The predicted octanol–water partition coefficient (Wildman–Crippen LogP) is 3.06. The normalized spacial score (nSPS) is 18.8. The van der Waals surface area contributed by atoms with E-state index in [1.807, 2.05) is 6.07 Å². The Morgan fingerprint density at radius 1 is 1.23 bits per heavy atom. The number of anilines is 3. The molecule has 10 heteroatoms. The molecule has 1 aliphatic carbocycles. The van der Waals surface area contributed by atoms with Crippen LogP contribution >= 0.6 is 0 Å². The number of benzene rings is 1. The lowest BCUT2D eigenvalue weighted by Gasteiger charge is -2.30. The number of hydrogen-bond acceptors (Lipinski definition) is 6. The molecule has 3 aromatic rings. The quantitative estimate of drug-likeness (QED) is 0.458. The number of halogens is 2. The van der Waals surface area contributed by atoms with Crippen LogP contribution in [-0.2, 0) is 6.54 Å². The molecule has 0 radical (unpaired) electrons. The molecule has 2 aromatic heterocycles. The van der Waals surface area contributed by atoms with Crippen molar-refractivity contribution >= 4 is 34.1 Å². The number of nitrogens with zero attached hydrogens (tertiary/aromatic N) is 3. The topological polar surface area (TPSA) is 124 Å². The lowest BCUT2D eigenvalue weighted by Crippen LogP contribution is -2.43. The Morgan fingerprint density at radius 2 is 2.03 bits per heavy atom. The van der Waals surface area contributed by atoms with Gasteiger partial charge in [0.25, 0.3) is 5.91 Å². The van der Waals surface area contributed by atoms with Crippen molar-refractivity contribution in [2.75, 3.05) is 17.3 Å². The minimum absolute atomic E-state index is 0.0124. The van der Waals surface area contributed by atoms with E-state index in [9.17, 15) is 13.6 Å². The zero-order chi connectivity index (χ0) is 22.0. The summed E-state index contributed by atoms with van der Waals surface area (Å²) in [6, 6.07) is 6.21. The van der Waals surface area contributed by atoms with Crippen LogP contribution in [-0.4, -0.2) is 39.4 Å².